The Morgan fingerprint density at radius 3 is 2.74 bits per heavy atom. The number of hydrogen-bond acceptors (Lipinski definition) is 4. The zero-order valence-corrected chi connectivity index (χ0v) is 13.3. The second-order valence-electron chi connectivity index (χ2n) is 5.94. The van der Waals surface area contributed by atoms with E-state index in [1.165, 1.54) is 43.2 Å². The molecule has 2 heterocycles. The topological polar surface area (TPSA) is 28.2 Å². The van der Waals surface area contributed by atoms with E-state index >= 15 is 0 Å². The third-order valence-corrected chi connectivity index (χ3v) is 4.61. The lowest BCUT2D eigenvalue weighted by Crippen LogP contribution is -2.43. The number of likely N-dealkylation sites (tertiary alicyclic amines) is 1. The first kappa shape index (κ1) is 14.9. The predicted molar refractivity (Wildman–Crippen MR) is 82.6 cm³/mol. The molecule has 0 spiro atoms. The van der Waals surface area contributed by atoms with Crippen LogP contribution in [0.3, 0.4) is 0 Å². The van der Waals surface area contributed by atoms with Crippen molar-refractivity contribution in [3.8, 4) is 0 Å². The zero-order chi connectivity index (χ0) is 13.7. The molecule has 1 N–H and O–H groups in total. The molecule has 0 bridgehead atoms. The normalized spacial score (nSPS) is 18.3. The highest BCUT2D eigenvalue weighted by atomic mass is 32.1. The van der Waals surface area contributed by atoms with Crippen molar-refractivity contribution in [2.24, 2.45) is 5.92 Å². The summed E-state index contributed by atoms with van der Waals surface area (Å²) in [4.78, 5) is 7.21. The second kappa shape index (κ2) is 7.36. The number of nitrogens with zero attached hydrogens (tertiary/aromatic N) is 2. The van der Waals surface area contributed by atoms with E-state index < -0.39 is 0 Å². The monoisotopic (exact) mass is 281 g/mol. The van der Waals surface area contributed by atoms with Gasteiger partial charge in [0.2, 0.25) is 0 Å². The maximum atomic E-state index is 4.61. The third-order valence-electron chi connectivity index (χ3n) is 3.71. The molecule has 4 heteroatoms. The molecule has 19 heavy (non-hydrogen) atoms. The highest BCUT2D eigenvalue weighted by Crippen LogP contribution is 2.14. The van der Waals surface area contributed by atoms with Crippen LogP contribution in [0.15, 0.2) is 5.38 Å². The molecule has 1 aromatic rings. The van der Waals surface area contributed by atoms with Gasteiger partial charge in [0.15, 0.2) is 0 Å². The van der Waals surface area contributed by atoms with E-state index in [1.54, 1.807) is 11.3 Å². The van der Waals surface area contributed by atoms with Gasteiger partial charge < -0.3 is 10.2 Å². The summed E-state index contributed by atoms with van der Waals surface area (Å²) in [6.07, 6.45) is 3.60. The van der Waals surface area contributed by atoms with Crippen LogP contribution in [0.2, 0.25) is 0 Å². The summed E-state index contributed by atoms with van der Waals surface area (Å²) in [5.41, 5.74) is 1.23. The van der Waals surface area contributed by atoms with Crippen molar-refractivity contribution in [2.75, 3.05) is 19.6 Å². The van der Waals surface area contributed by atoms with Crippen molar-refractivity contribution in [1.82, 2.24) is 15.2 Å². The molecule has 0 aliphatic carbocycles. The molecule has 3 nitrogen and oxygen atoms in total. The van der Waals surface area contributed by atoms with Crippen molar-refractivity contribution in [1.29, 1.82) is 0 Å². The van der Waals surface area contributed by atoms with Crippen molar-refractivity contribution < 1.29 is 0 Å². The maximum absolute atomic E-state index is 4.61. The molecule has 0 aromatic carbocycles. The molecule has 1 aromatic heterocycles. The van der Waals surface area contributed by atoms with Gasteiger partial charge in [-0.15, -0.1) is 11.3 Å². The molecule has 0 amide bonds. The molecule has 0 unspecified atom stereocenters. The molecule has 0 saturated carbocycles. The van der Waals surface area contributed by atoms with E-state index in [0.717, 1.165) is 18.9 Å². The Labute approximate surface area is 121 Å². The summed E-state index contributed by atoms with van der Waals surface area (Å²) in [6.45, 7) is 11.5. The molecular formula is C15H27N3S. The van der Waals surface area contributed by atoms with Crippen LogP contribution in [-0.4, -0.2) is 35.6 Å². The van der Waals surface area contributed by atoms with Crippen LogP contribution in [-0.2, 0) is 13.0 Å². The van der Waals surface area contributed by atoms with Gasteiger partial charge in [-0.25, -0.2) is 4.98 Å². The van der Waals surface area contributed by atoms with Crippen LogP contribution in [0.25, 0.3) is 0 Å². The fourth-order valence-corrected chi connectivity index (χ4v) is 3.49. The number of nitrogens with one attached hydrogen (secondary N) is 1. The fourth-order valence-electron chi connectivity index (χ4n) is 2.66. The lowest BCUT2D eigenvalue weighted by Gasteiger charge is -2.33. The van der Waals surface area contributed by atoms with Gasteiger partial charge >= 0.3 is 0 Å². The first-order chi connectivity index (χ1) is 9.17. The molecule has 1 fully saturated rings. The first-order valence-electron chi connectivity index (χ1n) is 7.56. The van der Waals surface area contributed by atoms with Crippen molar-refractivity contribution in [3.63, 3.8) is 0 Å². The Bertz CT molecular complexity index is 367. The highest BCUT2D eigenvalue weighted by Gasteiger charge is 2.19. The van der Waals surface area contributed by atoms with E-state index in [1.807, 2.05) is 0 Å². The van der Waals surface area contributed by atoms with Gasteiger partial charge in [0.25, 0.3) is 0 Å². The van der Waals surface area contributed by atoms with Gasteiger partial charge in [0, 0.05) is 24.5 Å². The Morgan fingerprint density at radius 1 is 1.42 bits per heavy atom. The van der Waals surface area contributed by atoms with Gasteiger partial charge in [-0.05, 0) is 38.3 Å². The highest BCUT2D eigenvalue weighted by molar-refractivity contribution is 7.09. The standard InChI is InChI=1S/C15H27N3S/c1-4-13-11-19-15(17-13)9-16-14-5-7-18(8-6-14)10-12(2)3/h11-12,14,16H,4-10H2,1-3H3. The molecule has 0 radical (unpaired) electrons. The van der Waals surface area contributed by atoms with Gasteiger partial charge in [-0.2, -0.15) is 0 Å². The number of aryl methyl sites for hydroxylation is 1. The van der Waals surface area contributed by atoms with Crippen molar-refractivity contribution in [2.45, 2.75) is 52.6 Å². The minimum atomic E-state index is 0.678. The third kappa shape index (κ3) is 4.86. The molecular weight excluding hydrogens is 254 g/mol. The molecule has 0 atom stereocenters. The lowest BCUT2D eigenvalue weighted by molar-refractivity contribution is 0.179. The molecule has 108 valence electrons. The Balaban J connectivity index is 1.68. The van der Waals surface area contributed by atoms with Gasteiger partial charge in [-0.3, -0.25) is 0 Å². The van der Waals surface area contributed by atoms with Crippen molar-refractivity contribution >= 4 is 11.3 Å². The van der Waals surface area contributed by atoms with Gasteiger partial charge in [-0.1, -0.05) is 20.8 Å². The Morgan fingerprint density at radius 2 is 2.16 bits per heavy atom. The number of rotatable bonds is 6. The average Bonchev–Trinajstić information content (AvgIpc) is 2.85. The number of piperidine rings is 1. The van der Waals surface area contributed by atoms with E-state index in [9.17, 15) is 0 Å². The van der Waals surface area contributed by atoms with Crippen LogP contribution in [0.1, 0.15) is 44.3 Å². The molecule has 2 rings (SSSR count). The maximum Gasteiger partial charge on any atom is 0.107 e. The van der Waals surface area contributed by atoms with Gasteiger partial charge in [0.1, 0.15) is 5.01 Å². The summed E-state index contributed by atoms with van der Waals surface area (Å²) in [5, 5.41) is 7.09. The molecule has 1 aliphatic heterocycles. The summed E-state index contributed by atoms with van der Waals surface area (Å²) in [5.74, 6) is 0.785. The average molecular weight is 281 g/mol. The first-order valence-corrected chi connectivity index (χ1v) is 8.44. The van der Waals surface area contributed by atoms with Crippen LogP contribution < -0.4 is 5.32 Å². The Hall–Kier alpha value is -0.450. The summed E-state index contributed by atoms with van der Waals surface area (Å²) in [7, 11) is 0. The fraction of sp³-hybridized carbons (Fsp3) is 0.800. The molecule has 1 aliphatic rings. The zero-order valence-electron chi connectivity index (χ0n) is 12.5. The van der Waals surface area contributed by atoms with E-state index in [4.69, 9.17) is 0 Å². The van der Waals surface area contributed by atoms with Crippen LogP contribution in [0, 0.1) is 5.92 Å². The van der Waals surface area contributed by atoms with E-state index in [0.29, 0.717) is 6.04 Å². The summed E-state index contributed by atoms with van der Waals surface area (Å²) >= 11 is 1.79. The van der Waals surface area contributed by atoms with Crippen LogP contribution in [0.4, 0.5) is 0 Å². The minimum absolute atomic E-state index is 0.678. The lowest BCUT2D eigenvalue weighted by atomic mass is 10.0. The quantitative estimate of drug-likeness (QED) is 0.869. The number of thiazole rings is 1. The summed E-state index contributed by atoms with van der Waals surface area (Å²) in [6, 6.07) is 0.678. The van der Waals surface area contributed by atoms with Crippen LogP contribution >= 0.6 is 11.3 Å². The number of aromatic nitrogens is 1. The predicted octanol–water partition coefficient (Wildman–Crippen LogP) is 2.92. The largest absolute Gasteiger partial charge is 0.308 e. The van der Waals surface area contributed by atoms with E-state index in [-0.39, 0.29) is 0 Å². The molecule has 1 saturated heterocycles. The second-order valence-corrected chi connectivity index (χ2v) is 6.88. The summed E-state index contributed by atoms with van der Waals surface area (Å²) < 4.78 is 0. The van der Waals surface area contributed by atoms with Crippen molar-refractivity contribution in [3.05, 3.63) is 16.1 Å². The smallest absolute Gasteiger partial charge is 0.107 e. The number of hydrogen-bond donors (Lipinski definition) is 1. The SMILES string of the molecule is CCc1csc(CNC2CCN(CC(C)C)CC2)n1. The van der Waals surface area contributed by atoms with Gasteiger partial charge in [0.05, 0.1) is 5.69 Å². The Kier molecular flexibility index (Phi) is 5.79. The minimum Gasteiger partial charge on any atom is -0.308 e. The van der Waals surface area contributed by atoms with Crippen LogP contribution in [0.5, 0.6) is 0 Å². The van der Waals surface area contributed by atoms with E-state index in [2.05, 4.69) is 41.4 Å².